The zero-order valence-corrected chi connectivity index (χ0v) is 19.7. The van der Waals surface area contributed by atoms with Gasteiger partial charge in [0.2, 0.25) is 0 Å². The number of fused-ring (bicyclic) bond motifs is 2. The summed E-state index contributed by atoms with van der Waals surface area (Å²) in [6.45, 7) is 2.18. The Bertz CT molecular complexity index is 1230. The van der Waals surface area contributed by atoms with Crippen LogP contribution in [0.4, 0.5) is 5.69 Å². The number of nitro groups is 1. The van der Waals surface area contributed by atoms with Gasteiger partial charge in [-0.1, -0.05) is 74.2 Å². The summed E-state index contributed by atoms with van der Waals surface area (Å²) in [4.78, 5) is 28.8. The average Bonchev–Trinajstić information content (AvgIpc) is 2.81. The molecular formula is C23H24ClN5O3S. The molecule has 2 heterocycles. The van der Waals surface area contributed by atoms with Gasteiger partial charge < -0.3 is 0 Å². The number of hydrogen-bond donors (Lipinski definition) is 1. The highest BCUT2D eigenvalue weighted by Gasteiger charge is 2.35. The number of nitrogens with one attached hydrogen (secondary N) is 1. The van der Waals surface area contributed by atoms with Crippen LogP contribution in [0, 0.1) is 10.1 Å². The Balaban J connectivity index is 1.71. The number of unbranched alkanes of at least 4 members (excludes halogenated alkanes) is 4. The Morgan fingerprint density at radius 1 is 1.18 bits per heavy atom. The molecule has 1 N–H and O–H groups in total. The van der Waals surface area contributed by atoms with E-state index in [4.69, 9.17) is 16.6 Å². The number of hydrogen-bond acceptors (Lipinski definition) is 7. The van der Waals surface area contributed by atoms with E-state index >= 15 is 0 Å². The Morgan fingerprint density at radius 2 is 1.97 bits per heavy atom. The van der Waals surface area contributed by atoms with Crippen molar-refractivity contribution in [3.8, 4) is 0 Å². The number of rotatable bonds is 8. The minimum atomic E-state index is -0.798. The van der Waals surface area contributed by atoms with Crippen molar-refractivity contribution < 1.29 is 9.72 Å². The maximum absolute atomic E-state index is 13.1. The molecule has 0 saturated heterocycles. The van der Waals surface area contributed by atoms with Crippen LogP contribution in [-0.4, -0.2) is 26.8 Å². The summed E-state index contributed by atoms with van der Waals surface area (Å²) in [5.74, 6) is 0.550. The molecule has 10 heteroatoms. The second kappa shape index (κ2) is 10.4. The Hall–Kier alpha value is -2.91. The highest BCUT2D eigenvalue weighted by atomic mass is 35.5. The number of carbonyl (C=O) groups excluding carboxylic acids is 1. The monoisotopic (exact) mass is 485 g/mol. The molecule has 172 valence electrons. The third kappa shape index (κ3) is 5.04. The SMILES string of the molecule is CCCCCCCSC1=NN2C(=c3ccccc3=N[C@H]2c2cc([N+](=O)[O-])ccc2Cl)C(=O)N1. The quantitative estimate of drug-likeness (QED) is 0.345. The lowest BCUT2D eigenvalue weighted by Gasteiger charge is -2.34. The van der Waals surface area contributed by atoms with Crippen LogP contribution < -0.4 is 15.9 Å². The molecule has 0 unspecified atom stereocenters. The Kier molecular flexibility index (Phi) is 7.29. The van der Waals surface area contributed by atoms with Gasteiger partial charge in [0, 0.05) is 33.7 Å². The van der Waals surface area contributed by atoms with Crippen molar-refractivity contribution in [1.82, 2.24) is 10.3 Å². The molecule has 4 rings (SSSR count). The molecule has 0 fully saturated rings. The van der Waals surface area contributed by atoms with Gasteiger partial charge in [-0.15, -0.1) is 5.10 Å². The van der Waals surface area contributed by atoms with Crippen LogP contribution in [0.25, 0.3) is 5.70 Å². The van der Waals surface area contributed by atoms with Crippen LogP contribution in [0.5, 0.6) is 0 Å². The number of benzene rings is 2. The summed E-state index contributed by atoms with van der Waals surface area (Å²) in [5.41, 5.74) is 0.665. The number of non-ortho nitro benzene ring substituents is 1. The molecule has 33 heavy (non-hydrogen) atoms. The normalized spacial score (nSPS) is 17.0. The minimum absolute atomic E-state index is 0.0999. The van der Waals surface area contributed by atoms with Crippen molar-refractivity contribution in [2.24, 2.45) is 10.1 Å². The predicted molar refractivity (Wildman–Crippen MR) is 130 cm³/mol. The molecule has 0 spiro atoms. The van der Waals surface area contributed by atoms with Crippen LogP contribution in [0.3, 0.4) is 0 Å². The fourth-order valence-corrected chi connectivity index (χ4v) is 4.88. The van der Waals surface area contributed by atoms with E-state index in [9.17, 15) is 14.9 Å². The van der Waals surface area contributed by atoms with Gasteiger partial charge in [-0.2, -0.15) is 0 Å². The number of amidine groups is 1. The first kappa shape index (κ1) is 23.3. The number of amides is 1. The van der Waals surface area contributed by atoms with Crippen molar-refractivity contribution in [2.45, 2.75) is 45.2 Å². The first-order chi connectivity index (χ1) is 16.0. The molecule has 2 aromatic carbocycles. The molecule has 1 atom stereocenters. The number of carbonyl (C=O) groups is 1. The van der Waals surface area contributed by atoms with Gasteiger partial charge in [-0.05, 0) is 18.6 Å². The van der Waals surface area contributed by atoms with E-state index in [1.165, 1.54) is 54.2 Å². The maximum Gasteiger partial charge on any atom is 0.276 e. The fraction of sp³-hybridized carbons (Fsp3) is 0.348. The third-order valence-electron chi connectivity index (χ3n) is 5.47. The molecule has 2 aliphatic rings. The van der Waals surface area contributed by atoms with Crippen molar-refractivity contribution >= 4 is 45.8 Å². The van der Waals surface area contributed by atoms with Gasteiger partial charge in [0.1, 0.15) is 5.70 Å². The number of hydrazone groups is 1. The second-order valence-corrected chi connectivity index (χ2v) is 9.29. The third-order valence-corrected chi connectivity index (χ3v) is 6.76. The molecule has 0 radical (unpaired) electrons. The fourth-order valence-electron chi connectivity index (χ4n) is 3.81. The number of halogens is 1. The standard InChI is InChI=1S/C23H24ClN5O3S/c1-2-3-4-5-8-13-33-23-26-22(30)20-16-9-6-7-10-19(16)25-21(28(20)27-23)17-14-15(29(31)32)11-12-18(17)24/h6-7,9-12,14,21H,2-5,8,13H2,1H3,(H,26,27,30)/t21-/m1/s1. The van der Waals surface area contributed by atoms with Gasteiger partial charge in [0.05, 0.1) is 10.3 Å². The van der Waals surface area contributed by atoms with Gasteiger partial charge in [-0.25, -0.2) is 5.01 Å². The lowest BCUT2D eigenvalue weighted by molar-refractivity contribution is -0.384. The highest BCUT2D eigenvalue weighted by Crippen LogP contribution is 2.36. The van der Waals surface area contributed by atoms with E-state index in [-0.39, 0.29) is 11.6 Å². The molecule has 2 aromatic rings. The molecule has 0 bridgehead atoms. The number of para-hydroxylation sites is 1. The number of nitro benzene ring substituents is 1. The van der Waals surface area contributed by atoms with Crippen LogP contribution >= 0.6 is 23.4 Å². The van der Waals surface area contributed by atoms with E-state index in [2.05, 4.69) is 17.3 Å². The summed E-state index contributed by atoms with van der Waals surface area (Å²) >= 11 is 7.92. The predicted octanol–water partition coefficient (Wildman–Crippen LogP) is 4.09. The molecule has 8 nitrogen and oxygen atoms in total. The minimum Gasteiger partial charge on any atom is -0.298 e. The zero-order valence-electron chi connectivity index (χ0n) is 18.2. The lowest BCUT2D eigenvalue weighted by atomic mass is 10.1. The second-order valence-electron chi connectivity index (χ2n) is 7.80. The largest absolute Gasteiger partial charge is 0.298 e. The molecule has 1 amide bonds. The molecule has 2 aliphatic heterocycles. The van der Waals surface area contributed by atoms with Gasteiger partial charge >= 0.3 is 0 Å². The Labute approximate surface area is 200 Å². The average molecular weight is 486 g/mol. The van der Waals surface area contributed by atoms with Crippen LogP contribution in [-0.2, 0) is 4.79 Å². The lowest BCUT2D eigenvalue weighted by Crippen LogP contribution is -2.50. The number of nitrogens with zero attached hydrogens (tertiary/aromatic N) is 4. The summed E-state index contributed by atoms with van der Waals surface area (Å²) in [5, 5.41) is 22.5. The number of thioether (sulfide) groups is 1. The van der Waals surface area contributed by atoms with E-state index in [0.29, 0.717) is 32.0 Å². The topological polar surface area (TPSA) is 100 Å². The highest BCUT2D eigenvalue weighted by molar-refractivity contribution is 8.13. The van der Waals surface area contributed by atoms with Gasteiger partial charge in [0.15, 0.2) is 11.3 Å². The van der Waals surface area contributed by atoms with E-state index in [1.54, 1.807) is 6.07 Å². The van der Waals surface area contributed by atoms with Crippen molar-refractivity contribution in [1.29, 1.82) is 0 Å². The summed E-state index contributed by atoms with van der Waals surface area (Å²) in [6.07, 6.45) is 4.98. The Morgan fingerprint density at radius 3 is 2.76 bits per heavy atom. The van der Waals surface area contributed by atoms with Crippen molar-refractivity contribution in [3.05, 3.63) is 73.7 Å². The van der Waals surface area contributed by atoms with E-state index in [1.807, 2.05) is 18.2 Å². The van der Waals surface area contributed by atoms with Crippen molar-refractivity contribution in [2.75, 3.05) is 5.75 Å². The molecule has 0 aromatic heterocycles. The van der Waals surface area contributed by atoms with E-state index in [0.717, 1.165) is 18.6 Å². The molecule has 0 aliphatic carbocycles. The van der Waals surface area contributed by atoms with Gasteiger partial charge in [0.25, 0.3) is 11.6 Å². The molecular weight excluding hydrogens is 462 g/mol. The van der Waals surface area contributed by atoms with Crippen LogP contribution in [0.1, 0.15) is 50.8 Å². The van der Waals surface area contributed by atoms with E-state index < -0.39 is 11.1 Å². The first-order valence-corrected chi connectivity index (χ1v) is 12.3. The summed E-state index contributed by atoms with van der Waals surface area (Å²) in [6, 6.07) is 11.5. The van der Waals surface area contributed by atoms with Gasteiger partial charge in [-0.3, -0.25) is 25.2 Å². The maximum atomic E-state index is 13.1. The molecule has 0 saturated carbocycles. The van der Waals surface area contributed by atoms with Crippen LogP contribution in [0.2, 0.25) is 5.02 Å². The zero-order chi connectivity index (χ0) is 23.4. The van der Waals surface area contributed by atoms with Crippen LogP contribution in [0.15, 0.2) is 52.6 Å². The first-order valence-electron chi connectivity index (χ1n) is 10.9. The smallest absolute Gasteiger partial charge is 0.276 e. The summed E-state index contributed by atoms with van der Waals surface area (Å²) in [7, 11) is 0. The summed E-state index contributed by atoms with van der Waals surface area (Å²) < 4.78 is 0. The van der Waals surface area contributed by atoms with Crippen molar-refractivity contribution in [3.63, 3.8) is 0 Å².